The van der Waals surface area contributed by atoms with Crippen LogP contribution in [0.4, 0.5) is 4.39 Å². The average molecular weight is 372 g/mol. The van der Waals surface area contributed by atoms with Gasteiger partial charge in [0, 0.05) is 32.6 Å². The van der Waals surface area contributed by atoms with Crippen LogP contribution in [0.3, 0.4) is 0 Å². The fourth-order valence-electron chi connectivity index (χ4n) is 2.86. The number of carbonyl (C=O) groups excluding carboxylic acids is 1. The normalized spacial score (nSPS) is 16.5. The Morgan fingerprint density at radius 1 is 1.24 bits per heavy atom. The number of benzene rings is 1. The maximum absolute atomic E-state index is 13.6. The Kier molecular flexibility index (Phi) is 6.78. The summed E-state index contributed by atoms with van der Waals surface area (Å²) < 4.78 is 45.7. The van der Waals surface area contributed by atoms with Gasteiger partial charge in [0.15, 0.2) is 0 Å². The minimum absolute atomic E-state index is 0.0597. The Morgan fingerprint density at radius 3 is 2.68 bits per heavy atom. The molecule has 1 aliphatic heterocycles. The predicted molar refractivity (Wildman–Crippen MR) is 92.4 cm³/mol. The molecule has 6 nitrogen and oxygen atoms in total. The van der Waals surface area contributed by atoms with Gasteiger partial charge in [0.25, 0.3) is 0 Å². The molecule has 0 saturated carbocycles. The van der Waals surface area contributed by atoms with E-state index in [0.717, 1.165) is 25.0 Å². The number of hydrogen-bond acceptors (Lipinski definition) is 4. The smallest absolute Gasteiger partial charge is 0.246 e. The van der Waals surface area contributed by atoms with Crippen LogP contribution in [0.25, 0.3) is 0 Å². The van der Waals surface area contributed by atoms with E-state index < -0.39 is 15.8 Å². The van der Waals surface area contributed by atoms with Gasteiger partial charge in [-0.2, -0.15) is 4.31 Å². The van der Waals surface area contributed by atoms with Crippen LogP contribution in [-0.2, 0) is 14.8 Å². The number of amides is 1. The van der Waals surface area contributed by atoms with Gasteiger partial charge in [0.1, 0.15) is 16.5 Å². The summed E-state index contributed by atoms with van der Waals surface area (Å²) in [5, 5.41) is 0. The maximum atomic E-state index is 13.6. The van der Waals surface area contributed by atoms with Crippen molar-refractivity contribution in [3.8, 4) is 5.75 Å². The summed E-state index contributed by atoms with van der Waals surface area (Å²) in [5.41, 5.74) is 0. The van der Waals surface area contributed by atoms with E-state index in [2.05, 4.69) is 0 Å². The van der Waals surface area contributed by atoms with Gasteiger partial charge in [-0.1, -0.05) is 13.3 Å². The number of sulfonamides is 1. The summed E-state index contributed by atoms with van der Waals surface area (Å²) in [7, 11) is -2.54. The number of carbonyl (C=O) groups is 1. The van der Waals surface area contributed by atoms with Crippen molar-refractivity contribution < 1.29 is 22.3 Å². The molecule has 140 valence electrons. The molecule has 0 radical (unpaired) electrons. The Bertz CT molecular complexity index is 709. The van der Waals surface area contributed by atoms with Gasteiger partial charge in [-0.25, -0.2) is 12.8 Å². The molecule has 2 rings (SSSR count). The van der Waals surface area contributed by atoms with Crippen molar-refractivity contribution in [1.82, 2.24) is 9.21 Å². The third-order valence-electron chi connectivity index (χ3n) is 4.30. The second kappa shape index (κ2) is 8.62. The average Bonchev–Trinajstić information content (AvgIpc) is 2.86. The minimum atomic E-state index is -3.89. The van der Waals surface area contributed by atoms with E-state index in [-0.39, 0.29) is 23.1 Å². The summed E-state index contributed by atoms with van der Waals surface area (Å²) >= 11 is 0. The number of hydrogen-bond donors (Lipinski definition) is 0. The highest BCUT2D eigenvalue weighted by Crippen LogP contribution is 2.28. The molecule has 0 atom stereocenters. The fourth-order valence-corrected chi connectivity index (χ4v) is 4.50. The molecule has 1 saturated heterocycles. The van der Waals surface area contributed by atoms with E-state index in [1.807, 2.05) is 6.92 Å². The van der Waals surface area contributed by atoms with E-state index in [1.54, 1.807) is 4.90 Å². The molecule has 1 heterocycles. The second-order valence-corrected chi connectivity index (χ2v) is 7.94. The Balaban J connectivity index is 2.16. The van der Waals surface area contributed by atoms with E-state index >= 15 is 0 Å². The van der Waals surface area contributed by atoms with E-state index in [9.17, 15) is 17.6 Å². The van der Waals surface area contributed by atoms with Crippen molar-refractivity contribution in [1.29, 1.82) is 0 Å². The lowest BCUT2D eigenvalue weighted by molar-refractivity contribution is -0.131. The van der Waals surface area contributed by atoms with Gasteiger partial charge in [0.05, 0.1) is 7.11 Å². The zero-order valence-electron chi connectivity index (χ0n) is 14.7. The third-order valence-corrected chi connectivity index (χ3v) is 6.22. The van der Waals surface area contributed by atoms with Crippen LogP contribution in [0.1, 0.15) is 32.6 Å². The molecule has 1 fully saturated rings. The first-order valence-corrected chi connectivity index (χ1v) is 9.95. The first kappa shape index (κ1) is 19.7. The highest BCUT2D eigenvalue weighted by molar-refractivity contribution is 7.89. The number of rotatable bonds is 6. The zero-order valence-corrected chi connectivity index (χ0v) is 15.5. The molecule has 8 heteroatoms. The van der Waals surface area contributed by atoms with Gasteiger partial charge in [0.2, 0.25) is 15.9 Å². The summed E-state index contributed by atoms with van der Waals surface area (Å²) in [6.07, 6.45) is 2.81. The molecule has 0 bridgehead atoms. The first-order valence-electron chi connectivity index (χ1n) is 8.51. The molecular formula is C17H25FN2O4S. The quantitative estimate of drug-likeness (QED) is 0.768. The standard InChI is InChI=1S/C17H25FN2O4S/c1-3-4-6-17(21)19-9-5-10-20(12-11-19)25(22,23)16-13-14(18)7-8-15(16)24-2/h7-8,13H,3-6,9-12H2,1-2H3. The molecule has 1 aliphatic rings. The molecule has 1 amide bonds. The molecule has 1 aromatic rings. The highest BCUT2D eigenvalue weighted by atomic mass is 32.2. The number of halogens is 1. The maximum Gasteiger partial charge on any atom is 0.246 e. The van der Waals surface area contributed by atoms with Gasteiger partial charge in [-0.15, -0.1) is 0 Å². The number of ether oxygens (including phenoxy) is 1. The minimum Gasteiger partial charge on any atom is -0.495 e. The monoisotopic (exact) mass is 372 g/mol. The van der Waals surface area contributed by atoms with Crippen molar-refractivity contribution in [3.63, 3.8) is 0 Å². The number of methoxy groups -OCH3 is 1. The molecule has 1 aromatic carbocycles. The molecule has 0 aliphatic carbocycles. The molecule has 0 N–H and O–H groups in total. The van der Waals surface area contributed by atoms with Crippen molar-refractivity contribution in [2.24, 2.45) is 0 Å². The van der Waals surface area contributed by atoms with Gasteiger partial charge in [-0.05, 0) is 31.0 Å². The third kappa shape index (κ3) is 4.70. The highest BCUT2D eigenvalue weighted by Gasteiger charge is 2.30. The van der Waals surface area contributed by atoms with Crippen LogP contribution in [0, 0.1) is 5.82 Å². The molecular weight excluding hydrogens is 347 g/mol. The van der Waals surface area contributed by atoms with Gasteiger partial charge >= 0.3 is 0 Å². The van der Waals surface area contributed by atoms with Crippen LogP contribution < -0.4 is 4.74 Å². The molecule has 0 unspecified atom stereocenters. The van der Waals surface area contributed by atoms with Crippen LogP contribution in [0.5, 0.6) is 5.75 Å². The lowest BCUT2D eigenvalue weighted by atomic mass is 10.2. The number of unbranched alkanes of at least 4 members (excludes halogenated alkanes) is 1. The topological polar surface area (TPSA) is 66.9 Å². The first-order chi connectivity index (χ1) is 11.9. The van der Waals surface area contributed by atoms with Gasteiger partial charge in [-0.3, -0.25) is 4.79 Å². The largest absolute Gasteiger partial charge is 0.495 e. The molecule has 0 spiro atoms. The molecule has 0 aromatic heterocycles. The van der Waals surface area contributed by atoms with Gasteiger partial charge < -0.3 is 9.64 Å². The fraction of sp³-hybridized carbons (Fsp3) is 0.588. The Labute approximate surface area is 148 Å². The second-order valence-electron chi connectivity index (χ2n) is 6.04. The van der Waals surface area contributed by atoms with Crippen molar-refractivity contribution in [2.45, 2.75) is 37.5 Å². The Morgan fingerprint density at radius 2 is 2.00 bits per heavy atom. The van der Waals surface area contributed by atoms with Crippen LogP contribution in [0.2, 0.25) is 0 Å². The summed E-state index contributed by atoms with van der Waals surface area (Å²) in [6.45, 7) is 3.39. The van der Waals surface area contributed by atoms with Crippen molar-refractivity contribution >= 4 is 15.9 Å². The SMILES string of the molecule is CCCCC(=O)N1CCCN(S(=O)(=O)c2cc(F)ccc2OC)CC1. The van der Waals surface area contributed by atoms with Crippen LogP contribution in [0.15, 0.2) is 23.1 Å². The predicted octanol–water partition coefficient (Wildman–Crippen LogP) is 2.25. The van der Waals surface area contributed by atoms with E-state index in [4.69, 9.17) is 4.74 Å². The van der Waals surface area contributed by atoms with E-state index in [1.165, 1.54) is 17.5 Å². The summed E-state index contributed by atoms with van der Waals surface area (Å²) in [4.78, 5) is 13.7. The Hall–Kier alpha value is -1.67. The van der Waals surface area contributed by atoms with E-state index in [0.29, 0.717) is 32.5 Å². The zero-order chi connectivity index (χ0) is 18.4. The molecule has 25 heavy (non-hydrogen) atoms. The lowest BCUT2D eigenvalue weighted by Crippen LogP contribution is -2.37. The lowest BCUT2D eigenvalue weighted by Gasteiger charge is -2.22. The van der Waals surface area contributed by atoms with Crippen LogP contribution >= 0.6 is 0 Å². The van der Waals surface area contributed by atoms with Crippen LogP contribution in [-0.4, -0.2) is 56.8 Å². The summed E-state index contributed by atoms with van der Waals surface area (Å²) in [5.74, 6) is -0.462. The van der Waals surface area contributed by atoms with Crippen molar-refractivity contribution in [3.05, 3.63) is 24.0 Å². The van der Waals surface area contributed by atoms with Crippen molar-refractivity contribution in [2.75, 3.05) is 33.3 Å². The summed E-state index contributed by atoms with van der Waals surface area (Å²) in [6, 6.07) is 3.44. The number of nitrogens with zero attached hydrogens (tertiary/aromatic N) is 2.